The third kappa shape index (κ3) is 64.7. The maximum Gasteiger partial charge on any atom is 0.472 e. The fraction of sp³-hybridized carbons (Fsp3) is 0.726. The Morgan fingerprint density at radius 1 is 0.326 bits per heavy atom. The van der Waals surface area contributed by atoms with Gasteiger partial charge in [0.05, 0.1) is 32.8 Å². The lowest BCUT2D eigenvalue weighted by Crippen LogP contribution is -2.30. The molecule has 0 saturated carbocycles. The number of ether oxygens (including phenoxy) is 4. The van der Waals surface area contributed by atoms with Crippen molar-refractivity contribution >= 4 is 39.5 Å². The molecule has 17 nitrogen and oxygen atoms in total. The minimum Gasteiger partial charge on any atom is -0.462 e. The van der Waals surface area contributed by atoms with Gasteiger partial charge >= 0.3 is 39.5 Å². The van der Waals surface area contributed by atoms with Crippen molar-refractivity contribution in [3.63, 3.8) is 0 Å². The van der Waals surface area contributed by atoms with Crippen LogP contribution in [0.15, 0.2) is 97.2 Å². The number of allylic oxidation sites excluding steroid dienone is 15. The van der Waals surface area contributed by atoms with Crippen LogP contribution in [0.1, 0.15) is 285 Å². The summed E-state index contributed by atoms with van der Waals surface area (Å²) in [4.78, 5) is 72.5. The minimum absolute atomic E-state index is 0.0589. The SMILES string of the molecule is CC/C=C\C/C=C\C/C=C\C/C=C\C/C=C\CC(=O)OCC(COP(=O)(O)OCC(O)COP(=O)(O)OCC(COC(=O)CCCCCCC/C=C\CCCCCC)OC(=O)CCCCCCCCCCCCC)OC(=O)CCCCCCC/C=C\C/C=C\CCC. The molecule has 0 aliphatic heterocycles. The van der Waals surface area contributed by atoms with Crippen LogP contribution in [0.2, 0.25) is 0 Å². The molecule has 0 bridgehead atoms. The van der Waals surface area contributed by atoms with Gasteiger partial charge in [-0.2, -0.15) is 0 Å². The first-order chi connectivity index (χ1) is 44.7. The molecule has 3 N–H and O–H groups in total. The van der Waals surface area contributed by atoms with E-state index in [-0.39, 0.29) is 25.7 Å². The number of hydrogen-bond acceptors (Lipinski definition) is 15. The van der Waals surface area contributed by atoms with Gasteiger partial charge in [-0.25, -0.2) is 9.13 Å². The van der Waals surface area contributed by atoms with Crippen LogP contribution in [0.3, 0.4) is 0 Å². The van der Waals surface area contributed by atoms with Gasteiger partial charge in [0.25, 0.3) is 0 Å². The first kappa shape index (κ1) is 88.0. The summed E-state index contributed by atoms with van der Waals surface area (Å²) >= 11 is 0. The molecular weight excluding hydrogens is 1210 g/mol. The normalized spacial score (nSPS) is 14.6. The van der Waals surface area contributed by atoms with Crippen molar-refractivity contribution in [2.45, 2.75) is 303 Å². The van der Waals surface area contributed by atoms with Crippen molar-refractivity contribution in [3.05, 3.63) is 97.2 Å². The van der Waals surface area contributed by atoms with Gasteiger partial charge in [0.2, 0.25) is 0 Å². The second-order valence-electron chi connectivity index (χ2n) is 23.5. The molecule has 0 fully saturated rings. The number of hydrogen-bond donors (Lipinski definition) is 3. The van der Waals surface area contributed by atoms with Crippen LogP contribution in [-0.4, -0.2) is 96.7 Å². The van der Waals surface area contributed by atoms with Crippen LogP contribution in [0.5, 0.6) is 0 Å². The van der Waals surface area contributed by atoms with Crippen molar-refractivity contribution in [3.8, 4) is 0 Å². The van der Waals surface area contributed by atoms with Gasteiger partial charge in [0, 0.05) is 19.3 Å². The highest BCUT2D eigenvalue weighted by Gasteiger charge is 2.30. The van der Waals surface area contributed by atoms with Crippen molar-refractivity contribution in [1.82, 2.24) is 0 Å². The highest BCUT2D eigenvalue weighted by atomic mass is 31.2. The quantitative estimate of drug-likeness (QED) is 0.0169. The lowest BCUT2D eigenvalue weighted by atomic mass is 10.1. The topological polar surface area (TPSA) is 237 Å². The van der Waals surface area contributed by atoms with Gasteiger partial charge in [-0.05, 0) is 103 Å². The van der Waals surface area contributed by atoms with Gasteiger partial charge in [-0.15, -0.1) is 0 Å². The predicted molar refractivity (Wildman–Crippen MR) is 372 cm³/mol. The molecule has 0 radical (unpaired) electrons. The van der Waals surface area contributed by atoms with Crippen LogP contribution < -0.4 is 0 Å². The number of aliphatic hydroxyl groups excluding tert-OH is 1. The van der Waals surface area contributed by atoms with E-state index >= 15 is 0 Å². The number of carbonyl (C=O) groups excluding carboxylic acids is 4. The maximum atomic E-state index is 13.0. The average Bonchev–Trinajstić information content (AvgIpc) is 2.73. The van der Waals surface area contributed by atoms with Crippen molar-refractivity contribution in [2.24, 2.45) is 0 Å². The summed E-state index contributed by atoms with van der Waals surface area (Å²) in [5.41, 5.74) is 0. The van der Waals surface area contributed by atoms with E-state index < -0.39 is 97.5 Å². The van der Waals surface area contributed by atoms with Crippen LogP contribution in [0.25, 0.3) is 0 Å². The van der Waals surface area contributed by atoms with Crippen molar-refractivity contribution < 1.29 is 80.2 Å². The second kappa shape index (κ2) is 65.6. The van der Waals surface area contributed by atoms with E-state index in [1.807, 2.05) is 18.2 Å². The summed E-state index contributed by atoms with van der Waals surface area (Å²) in [5, 5.41) is 10.6. The standard InChI is InChI=1S/C73H126O17P2/c1-5-9-13-17-21-25-29-32-33-36-39-42-46-50-54-58-71(76)84-64-69(90-73(78)60-56-52-48-44-40-35-31-27-23-19-15-11-7-3)66-88-92(81,82)86-62-67(74)61-85-91(79,80)87-65-68(89-72(77)59-55-51-47-43-37-28-24-20-16-12-8-4)63-83-70(75)57-53-49-45-41-38-34-30-26-22-18-14-10-6-2/h9,13,15,19,21,25-27,30-33,39,42,50,54,67-69,74H,5-8,10-12,14,16-18,20,22-24,28-29,34-38,40-41,43-49,51-53,55-66H2,1-4H3,(H,79,80)(H,81,82)/b13-9-,19-15-,25-21-,30-26-,31-27-,33-32-,42-39-,54-50-. The summed E-state index contributed by atoms with van der Waals surface area (Å²) in [6, 6.07) is 0. The summed E-state index contributed by atoms with van der Waals surface area (Å²) in [7, 11) is -9.96. The Kier molecular flexibility index (Phi) is 62.8. The summed E-state index contributed by atoms with van der Waals surface area (Å²) < 4.78 is 68.1. The van der Waals surface area contributed by atoms with Crippen LogP contribution in [0, 0.1) is 0 Å². The number of esters is 4. The largest absolute Gasteiger partial charge is 0.472 e. The number of unbranched alkanes of at least 4 members (excludes halogenated alkanes) is 25. The van der Waals surface area contributed by atoms with Crippen LogP contribution in [-0.2, 0) is 65.4 Å². The van der Waals surface area contributed by atoms with Gasteiger partial charge in [-0.1, -0.05) is 253 Å². The predicted octanol–water partition coefficient (Wildman–Crippen LogP) is 19.7. The molecule has 0 rings (SSSR count). The zero-order valence-electron chi connectivity index (χ0n) is 57.4. The van der Waals surface area contributed by atoms with E-state index in [2.05, 4.69) is 101 Å². The molecule has 0 spiro atoms. The Morgan fingerprint density at radius 3 is 1.03 bits per heavy atom. The third-order valence-electron chi connectivity index (χ3n) is 14.5. The summed E-state index contributed by atoms with van der Waals surface area (Å²) in [6.07, 6.45) is 66.0. The van der Waals surface area contributed by atoms with E-state index in [1.165, 1.54) is 64.2 Å². The Labute approximate surface area is 557 Å². The Morgan fingerprint density at radius 2 is 0.630 bits per heavy atom. The number of phosphoric ester groups is 2. The molecule has 0 aromatic heterocycles. The number of carbonyl (C=O) groups is 4. The van der Waals surface area contributed by atoms with E-state index in [0.29, 0.717) is 25.7 Å². The van der Waals surface area contributed by atoms with E-state index in [0.717, 1.165) is 141 Å². The number of phosphoric acid groups is 2. The monoisotopic (exact) mass is 1340 g/mol. The first-order valence-electron chi connectivity index (χ1n) is 35.5. The molecule has 0 aromatic carbocycles. The number of aliphatic hydroxyl groups is 1. The first-order valence-corrected chi connectivity index (χ1v) is 38.5. The van der Waals surface area contributed by atoms with Gasteiger partial charge in [0.15, 0.2) is 12.2 Å². The molecule has 0 aliphatic carbocycles. The zero-order chi connectivity index (χ0) is 67.5. The molecule has 530 valence electrons. The van der Waals surface area contributed by atoms with Crippen LogP contribution in [0.4, 0.5) is 0 Å². The fourth-order valence-corrected chi connectivity index (χ4v) is 10.7. The molecule has 5 atom stereocenters. The van der Waals surface area contributed by atoms with E-state index in [1.54, 1.807) is 6.08 Å². The molecule has 0 amide bonds. The zero-order valence-corrected chi connectivity index (χ0v) is 59.2. The lowest BCUT2D eigenvalue weighted by Gasteiger charge is -2.21. The minimum atomic E-state index is -4.99. The third-order valence-corrected chi connectivity index (χ3v) is 16.4. The highest BCUT2D eigenvalue weighted by Crippen LogP contribution is 2.45. The van der Waals surface area contributed by atoms with E-state index in [4.69, 9.17) is 37.0 Å². The average molecular weight is 1340 g/mol. The fourth-order valence-electron chi connectivity index (χ4n) is 9.15. The Bertz CT molecular complexity index is 2130. The second-order valence-corrected chi connectivity index (χ2v) is 26.4. The smallest absolute Gasteiger partial charge is 0.462 e. The molecule has 0 saturated heterocycles. The maximum absolute atomic E-state index is 13.0. The summed E-state index contributed by atoms with van der Waals surface area (Å²) in [6.45, 7) is 4.52. The molecule has 0 aromatic rings. The van der Waals surface area contributed by atoms with Gasteiger partial charge in [0.1, 0.15) is 19.3 Å². The molecule has 92 heavy (non-hydrogen) atoms. The van der Waals surface area contributed by atoms with Crippen molar-refractivity contribution in [2.75, 3.05) is 39.6 Å². The Balaban J connectivity index is 5.39. The molecule has 0 aliphatic rings. The van der Waals surface area contributed by atoms with Gasteiger partial charge in [-0.3, -0.25) is 37.3 Å². The lowest BCUT2D eigenvalue weighted by molar-refractivity contribution is -0.161. The van der Waals surface area contributed by atoms with Crippen molar-refractivity contribution in [1.29, 1.82) is 0 Å². The molecule has 19 heteroatoms. The highest BCUT2D eigenvalue weighted by molar-refractivity contribution is 7.47. The number of rotatable bonds is 66. The molecular formula is C73H126O17P2. The van der Waals surface area contributed by atoms with E-state index in [9.17, 15) is 43.2 Å². The Hall–Kier alpha value is -4.02. The summed E-state index contributed by atoms with van der Waals surface area (Å²) in [5.74, 6) is -2.34. The molecule has 5 unspecified atom stereocenters. The molecule has 0 heterocycles. The van der Waals surface area contributed by atoms with Gasteiger partial charge < -0.3 is 33.8 Å². The van der Waals surface area contributed by atoms with Crippen LogP contribution >= 0.6 is 15.6 Å².